The fraction of sp³-hybridized carbons (Fsp3) is 0.333. The summed E-state index contributed by atoms with van der Waals surface area (Å²) in [6.07, 6.45) is 8.07. The average Bonchev–Trinajstić information content (AvgIpc) is 3.34. The molecule has 1 aliphatic heterocycles. The first kappa shape index (κ1) is 23.5. The molecule has 1 unspecified atom stereocenters. The van der Waals surface area contributed by atoms with Crippen LogP contribution in [0.15, 0.2) is 58.3 Å². The van der Waals surface area contributed by atoms with Crippen molar-refractivity contribution < 1.29 is 23.5 Å². The summed E-state index contributed by atoms with van der Waals surface area (Å²) in [5.74, 6) is 0.495. The summed E-state index contributed by atoms with van der Waals surface area (Å²) >= 11 is 0. The van der Waals surface area contributed by atoms with Crippen LogP contribution in [-0.4, -0.2) is 45.4 Å². The summed E-state index contributed by atoms with van der Waals surface area (Å²) < 4.78 is 31.2. The van der Waals surface area contributed by atoms with Crippen molar-refractivity contribution in [3.05, 3.63) is 66.1 Å². The largest absolute Gasteiger partial charge is 0.436 e. The number of benzene rings is 1. The Balaban J connectivity index is 1.45. The molecule has 10 heteroatoms. The summed E-state index contributed by atoms with van der Waals surface area (Å²) in [6.45, 7) is 0.714. The van der Waals surface area contributed by atoms with Crippen molar-refractivity contribution in [2.24, 2.45) is 10.7 Å². The molecule has 0 aliphatic carbocycles. The zero-order valence-corrected chi connectivity index (χ0v) is 18.6. The lowest BCUT2D eigenvalue weighted by molar-refractivity contribution is 0.0224. The predicted molar refractivity (Wildman–Crippen MR) is 123 cm³/mol. The first-order chi connectivity index (χ1) is 16.7. The number of nitrogens with two attached hydrogens (primary N) is 1. The predicted octanol–water partition coefficient (Wildman–Crippen LogP) is 3.78. The second-order valence-corrected chi connectivity index (χ2v) is 7.67. The van der Waals surface area contributed by atoms with Crippen LogP contribution in [0.4, 0.5) is 4.39 Å². The smallest absolute Gasteiger partial charge is 0.255 e. The van der Waals surface area contributed by atoms with Gasteiger partial charge in [-0.2, -0.15) is 4.98 Å². The molecule has 3 aromatic rings. The van der Waals surface area contributed by atoms with Gasteiger partial charge in [-0.1, -0.05) is 5.16 Å². The Hall–Kier alpha value is -3.63. The molecular formula is C24H26FN5O4. The minimum absolute atomic E-state index is 0.0576. The van der Waals surface area contributed by atoms with Gasteiger partial charge in [-0.3, -0.25) is 4.99 Å². The Morgan fingerprint density at radius 3 is 2.85 bits per heavy atom. The number of aryl methyl sites for hydroxylation is 1. The molecule has 0 saturated carbocycles. The number of aliphatic imine (C=N–C) groups is 1. The number of aromatic nitrogens is 3. The van der Waals surface area contributed by atoms with E-state index in [0.717, 1.165) is 24.8 Å². The maximum Gasteiger partial charge on any atom is 0.255 e. The van der Waals surface area contributed by atoms with Crippen molar-refractivity contribution in [2.75, 3.05) is 13.2 Å². The van der Waals surface area contributed by atoms with Gasteiger partial charge in [-0.25, -0.2) is 9.37 Å². The number of hydrogen-bond donors (Lipinski definition) is 2. The van der Waals surface area contributed by atoms with E-state index in [0.29, 0.717) is 48.2 Å². The first-order valence-electron chi connectivity index (χ1n) is 11.1. The normalized spacial score (nSPS) is 16.8. The lowest BCUT2D eigenvalue weighted by atomic mass is 10.1. The zero-order valence-electron chi connectivity index (χ0n) is 18.6. The molecule has 0 radical (unpaired) electrons. The molecule has 0 amide bonds. The highest BCUT2D eigenvalue weighted by Gasteiger charge is 2.16. The third-order valence-electron chi connectivity index (χ3n) is 5.14. The van der Waals surface area contributed by atoms with E-state index in [1.165, 1.54) is 18.5 Å². The Labute approximate surface area is 196 Å². The van der Waals surface area contributed by atoms with Gasteiger partial charge < -0.3 is 24.8 Å². The molecule has 0 spiro atoms. The lowest BCUT2D eigenvalue weighted by Crippen LogP contribution is -2.18. The van der Waals surface area contributed by atoms with Crippen molar-refractivity contribution in [3.63, 3.8) is 0 Å². The van der Waals surface area contributed by atoms with Gasteiger partial charge in [0, 0.05) is 37.0 Å². The third-order valence-corrected chi connectivity index (χ3v) is 5.14. The van der Waals surface area contributed by atoms with E-state index < -0.39 is 5.82 Å². The third kappa shape index (κ3) is 6.03. The fourth-order valence-electron chi connectivity index (χ4n) is 3.41. The molecule has 34 heavy (non-hydrogen) atoms. The molecule has 2 aromatic heterocycles. The van der Waals surface area contributed by atoms with E-state index in [4.69, 9.17) is 24.8 Å². The van der Waals surface area contributed by atoms with Crippen molar-refractivity contribution in [1.82, 2.24) is 15.1 Å². The number of nitrogens with zero attached hydrogens (tertiary/aromatic N) is 4. The van der Waals surface area contributed by atoms with Crippen LogP contribution in [0.1, 0.15) is 37.1 Å². The van der Waals surface area contributed by atoms with Crippen molar-refractivity contribution in [1.29, 1.82) is 0 Å². The minimum Gasteiger partial charge on any atom is -0.436 e. The topological polar surface area (TPSA) is 129 Å². The van der Waals surface area contributed by atoms with Crippen LogP contribution >= 0.6 is 0 Å². The summed E-state index contributed by atoms with van der Waals surface area (Å²) in [7, 11) is 0. The zero-order chi connectivity index (χ0) is 23.8. The van der Waals surface area contributed by atoms with Gasteiger partial charge in [-0.15, -0.1) is 0 Å². The van der Waals surface area contributed by atoms with Crippen LogP contribution in [0.2, 0.25) is 0 Å². The Kier molecular flexibility index (Phi) is 7.95. The van der Waals surface area contributed by atoms with Crippen LogP contribution in [0.5, 0.6) is 11.6 Å². The van der Waals surface area contributed by atoms with Gasteiger partial charge in [0.05, 0.1) is 5.71 Å². The molecular weight excluding hydrogens is 441 g/mol. The number of allylic oxidation sites excluding steroid dienone is 1. The monoisotopic (exact) mass is 467 g/mol. The van der Waals surface area contributed by atoms with Gasteiger partial charge in [0.25, 0.3) is 5.88 Å². The Bertz CT molecular complexity index is 1140. The summed E-state index contributed by atoms with van der Waals surface area (Å²) in [4.78, 5) is 13.0. The van der Waals surface area contributed by atoms with E-state index in [-0.39, 0.29) is 18.7 Å². The Morgan fingerprint density at radius 2 is 2.15 bits per heavy atom. The van der Waals surface area contributed by atoms with Gasteiger partial charge in [0.15, 0.2) is 5.82 Å². The highest BCUT2D eigenvalue weighted by Crippen LogP contribution is 2.26. The van der Waals surface area contributed by atoms with E-state index in [2.05, 4.69) is 20.1 Å². The first-order valence-corrected chi connectivity index (χ1v) is 11.1. The van der Waals surface area contributed by atoms with Gasteiger partial charge in [-0.05, 0) is 68.3 Å². The number of pyridine rings is 1. The van der Waals surface area contributed by atoms with E-state index in [1.807, 2.05) is 0 Å². The quantitative estimate of drug-likeness (QED) is 0.455. The second kappa shape index (κ2) is 11.5. The van der Waals surface area contributed by atoms with Crippen molar-refractivity contribution in [3.8, 4) is 23.0 Å². The number of hydrogen-bond acceptors (Lipinski definition) is 9. The standard InChI is InChI=1S/C24H26FN5O4/c25-19-14-17(20(10-11-26)28-21-4-1-2-13-32-21)15-27-24(19)33-18-8-6-16(7-9-18)23-29-22(34-30-23)5-3-12-31/h6-11,14-15,21,31H,1-5,12-13,26H2/b11-10-,28-20-. The molecule has 1 fully saturated rings. The van der Waals surface area contributed by atoms with Crippen LogP contribution in [0.3, 0.4) is 0 Å². The molecule has 3 heterocycles. The molecule has 0 bridgehead atoms. The van der Waals surface area contributed by atoms with E-state index in [1.54, 1.807) is 30.3 Å². The van der Waals surface area contributed by atoms with Crippen LogP contribution < -0.4 is 10.5 Å². The van der Waals surface area contributed by atoms with Gasteiger partial charge >= 0.3 is 0 Å². The van der Waals surface area contributed by atoms with Gasteiger partial charge in [0.2, 0.25) is 11.7 Å². The number of rotatable bonds is 9. The van der Waals surface area contributed by atoms with Crippen LogP contribution in [0, 0.1) is 5.82 Å². The summed E-state index contributed by atoms with van der Waals surface area (Å²) in [5, 5.41) is 12.8. The molecule has 1 aliphatic rings. The average molecular weight is 468 g/mol. The summed E-state index contributed by atoms with van der Waals surface area (Å²) in [5.41, 5.74) is 7.24. The van der Waals surface area contributed by atoms with Crippen LogP contribution in [-0.2, 0) is 11.2 Å². The number of aliphatic hydroxyl groups is 1. The summed E-state index contributed by atoms with van der Waals surface area (Å²) in [6, 6.07) is 8.12. The number of ether oxygens (including phenoxy) is 2. The van der Waals surface area contributed by atoms with Crippen molar-refractivity contribution in [2.45, 2.75) is 38.3 Å². The number of aliphatic hydroxyl groups excluding tert-OH is 1. The number of halogens is 1. The molecule has 3 N–H and O–H groups in total. The molecule has 178 valence electrons. The maximum atomic E-state index is 14.8. The molecule has 4 rings (SSSR count). The second-order valence-electron chi connectivity index (χ2n) is 7.67. The van der Waals surface area contributed by atoms with Crippen LogP contribution in [0.25, 0.3) is 11.4 Å². The van der Waals surface area contributed by atoms with Gasteiger partial charge in [0.1, 0.15) is 12.0 Å². The molecule has 9 nitrogen and oxygen atoms in total. The fourth-order valence-corrected chi connectivity index (χ4v) is 3.41. The lowest BCUT2D eigenvalue weighted by Gasteiger charge is -2.19. The van der Waals surface area contributed by atoms with Crippen molar-refractivity contribution >= 4 is 5.71 Å². The highest BCUT2D eigenvalue weighted by atomic mass is 19.1. The highest BCUT2D eigenvalue weighted by molar-refractivity contribution is 6.08. The molecule has 1 atom stereocenters. The SMILES string of the molecule is N/C=C\C(=N\C1CCCCO1)c1cnc(Oc2ccc(-c3noc(CCCO)n3)cc2)c(F)c1. The Morgan fingerprint density at radius 1 is 1.29 bits per heavy atom. The van der Waals surface area contributed by atoms with E-state index in [9.17, 15) is 4.39 Å². The molecule has 1 aromatic carbocycles. The minimum atomic E-state index is -0.629. The van der Waals surface area contributed by atoms with E-state index >= 15 is 0 Å². The maximum absolute atomic E-state index is 14.8. The molecule has 1 saturated heterocycles.